The first-order valence-electron chi connectivity index (χ1n) is 18.5. The predicted octanol–water partition coefficient (Wildman–Crippen LogP) is 14.0. The lowest BCUT2D eigenvalue weighted by molar-refractivity contribution is 0.673. The number of furan rings is 1. The zero-order valence-corrected chi connectivity index (χ0v) is 30.2. The van der Waals surface area contributed by atoms with Gasteiger partial charge >= 0.3 is 0 Å². The number of fused-ring (bicyclic) bond motifs is 12. The molecule has 4 nitrogen and oxygen atoms in total. The van der Waals surface area contributed by atoms with E-state index >= 15 is 0 Å². The first-order valence-corrected chi connectivity index (χ1v) is 19.3. The van der Waals surface area contributed by atoms with Gasteiger partial charge in [0.1, 0.15) is 11.2 Å². The van der Waals surface area contributed by atoms with E-state index in [0.717, 1.165) is 70.6 Å². The Morgan fingerprint density at radius 3 is 1.93 bits per heavy atom. The van der Waals surface area contributed by atoms with Gasteiger partial charge in [0.25, 0.3) is 0 Å². The summed E-state index contributed by atoms with van der Waals surface area (Å²) in [5, 5.41) is 7.90. The van der Waals surface area contributed by atoms with E-state index in [-0.39, 0.29) is 0 Å². The van der Waals surface area contributed by atoms with Crippen molar-refractivity contribution in [3.8, 4) is 39.5 Å². The summed E-state index contributed by atoms with van der Waals surface area (Å²) in [6.07, 6.45) is 0. The summed E-state index contributed by atoms with van der Waals surface area (Å²) in [6, 6.07) is 62.4. The highest BCUT2D eigenvalue weighted by molar-refractivity contribution is 7.26. The molecule has 0 radical (unpaired) electrons. The molecule has 55 heavy (non-hydrogen) atoms. The van der Waals surface area contributed by atoms with Crippen molar-refractivity contribution < 1.29 is 4.42 Å². The molecule has 0 aliphatic rings. The maximum Gasteiger partial charge on any atom is 0.235 e. The molecule has 8 aromatic carbocycles. The van der Waals surface area contributed by atoms with E-state index in [4.69, 9.17) is 14.4 Å². The molecule has 0 bridgehead atoms. The quantitative estimate of drug-likeness (QED) is 0.182. The van der Waals surface area contributed by atoms with Crippen molar-refractivity contribution >= 4 is 86.2 Å². The molecule has 0 amide bonds. The Bertz CT molecular complexity index is 3470. The fourth-order valence-corrected chi connectivity index (χ4v) is 9.62. The van der Waals surface area contributed by atoms with E-state index in [1.54, 1.807) is 11.3 Å². The highest BCUT2D eigenvalue weighted by Gasteiger charge is 2.23. The zero-order chi connectivity index (χ0) is 36.0. The molecular formula is C50H29N3OS. The highest BCUT2D eigenvalue weighted by atomic mass is 32.1. The summed E-state index contributed by atoms with van der Waals surface area (Å²) in [4.78, 5) is 10.8. The van der Waals surface area contributed by atoms with Gasteiger partial charge in [-0.15, -0.1) is 11.3 Å². The van der Waals surface area contributed by atoms with Crippen molar-refractivity contribution in [2.75, 3.05) is 0 Å². The molecule has 4 aromatic heterocycles. The third kappa shape index (κ3) is 4.57. The summed E-state index contributed by atoms with van der Waals surface area (Å²) in [6.45, 7) is 0. The molecule has 5 heteroatoms. The van der Waals surface area contributed by atoms with E-state index in [1.807, 2.05) is 0 Å². The van der Waals surface area contributed by atoms with Crippen molar-refractivity contribution in [2.24, 2.45) is 0 Å². The molecule has 256 valence electrons. The Balaban J connectivity index is 1.10. The largest absolute Gasteiger partial charge is 0.455 e. The van der Waals surface area contributed by atoms with Gasteiger partial charge in [-0.25, -0.2) is 9.97 Å². The van der Waals surface area contributed by atoms with Gasteiger partial charge < -0.3 is 4.42 Å². The second-order valence-corrected chi connectivity index (χ2v) is 15.2. The van der Waals surface area contributed by atoms with Crippen LogP contribution in [-0.2, 0) is 0 Å². The van der Waals surface area contributed by atoms with Crippen LogP contribution < -0.4 is 0 Å². The van der Waals surface area contributed by atoms with Crippen LogP contribution in [0.2, 0.25) is 0 Å². The number of benzene rings is 8. The van der Waals surface area contributed by atoms with Crippen LogP contribution in [0.3, 0.4) is 0 Å². The van der Waals surface area contributed by atoms with Crippen LogP contribution in [0.25, 0.3) is 114 Å². The van der Waals surface area contributed by atoms with Crippen LogP contribution >= 0.6 is 11.3 Å². The SMILES string of the molecule is c1ccc(-c2ccc(-c3nc(-n4c5ccccc5c5c6oc7ccc8cc(-c9ccccc9)ccc8c7c6ccc54)nc4c3sc3ccccc34)cc2)cc1. The summed E-state index contributed by atoms with van der Waals surface area (Å²) in [7, 11) is 0. The van der Waals surface area contributed by atoms with Gasteiger partial charge in [-0.1, -0.05) is 140 Å². The van der Waals surface area contributed by atoms with Gasteiger partial charge in [0.15, 0.2) is 0 Å². The second-order valence-electron chi connectivity index (χ2n) is 14.1. The minimum absolute atomic E-state index is 0.638. The molecule has 12 aromatic rings. The summed E-state index contributed by atoms with van der Waals surface area (Å²) in [5.74, 6) is 0.638. The number of hydrogen-bond acceptors (Lipinski definition) is 4. The van der Waals surface area contributed by atoms with Crippen molar-refractivity contribution in [3.63, 3.8) is 0 Å². The Morgan fingerprint density at radius 2 is 1.11 bits per heavy atom. The minimum Gasteiger partial charge on any atom is -0.455 e. The molecule has 12 rings (SSSR count). The number of hydrogen-bond donors (Lipinski definition) is 0. The lowest BCUT2D eigenvalue weighted by Crippen LogP contribution is -2.02. The minimum atomic E-state index is 0.638. The molecule has 0 spiro atoms. The summed E-state index contributed by atoms with van der Waals surface area (Å²) in [5.41, 5.74) is 11.5. The number of para-hydroxylation sites is 1. The Hall–Kier alpha value is -7.08. The van der Waals surface area contributed by atoms with Crippen molar-refractivity contribution in [2.45, 2.75) is 0 Å². The molecule has 0 aliphatic heterocycles. The van der Waals surface area contributed by atoms with Crippen LogP contribution in [0, 0.1) is 0 Å². The molecule has 0 fully saturated rings. The summed E-state index contributed by atoms with van der Waals surface area (Å²) < 4.78 is 11.3. The van der Waals surface area contributed by atoms with E-state index in [9.17, 15) is 0 Å². The van der Waals surface area contributed by atoms with E-state index in [1.165, 1.54) is 37.7 Å². The Kier molecular flexibility index (Phi) is 6.47. The van der Waals surface area contributed by atoms with E-state index < -0.39 is 0 Å². The second kappa shape index (κ2) is 11.7. The van der Waals surface area contributed by atoms with Gasteiger partial charge in [0.2, 0.25) is 5.95 Å². The average molecular weight is 720 g/mol. The molecular weight excluding hydrogens is 691 g/mol. The molecule has 0 saturated heterocycles. The van der Waals surface area contributed by atoms with Crippen LogP contribution in [-0.4, -0.2) is 14.5 Å². The number of nitrogens with zero attached hydrogens (tertiary/aromatic N) is 3. The maximum atomic E-state index is 6.85. The van der Waals surface area contributed by atoms with Crippen LogP contribution in [0.4, 0.5) is 0 Å². The van der Waals surface area contributed by atoms with Gasteiger partial charge in [-0.2, -0.15) is 0 Å². The number of rotatable bonds is 4. The lowest BCUT2D eigenvalue weighted by Gasteiger charge is -2.10. The van der Waals surface area contributed by atoms with Crippen LogP contribution in [0.1, 0.15) is 0 Å². The van der Waals surface area contributed by atoms with Crippen molar-refractivity contribution in [3.05, 3.63) is 176 Å². The third-order valence-electron chi connectivity index (χ3n) is 11.0. The monoisotopic (exact) mass is 719 g/mol. The first-order chi connectivity index (χ1) is 27.3. The van der Waals surface area contributed by atoms with Gasteiger partial charge in [0.05, 0.1) is 32.3 Å². The topological polar surface area (TPSA) is 43.9 Å². The zero-order valence-electron chi connectivity index (χ0n) is 29.4. The predicted molar refractivity (Wildman–Crippen MR) is 230 cm³/mol. The van der Waals surface area contributed by atoms with Crippen molar-refractivity contribution in [1.82, 2.24) is 14.5 Å². The Labute approximate surface area is 319 Å². The fraction of sp³-hybridized carbons (Fsp3) is 0. The van der Waals surface area contributed by atoms with E-state index in [0.29, 0.717) is 5.95 Å². The van der Waals surface area contributed by atoms with Crippen LogP contribution in [0.5, 0.6) is 0 Å². The maximum absolute atomic E-state index is 6.85. The normalized spacial score (nSPS) is 12.0. The molecule has 4 heterocycles. The molecule has 0 atom stereocenters. The third-order valence-corrected chi connectivity index (χ3v) is 12.2. The summed E-state index contributed by atoms with van der Waals surface area (Å²) >= 11 is 1.75. The standard InChI is InChI=1S/C50H29N3OS/c1-3-11-30(12-4-1)32-19-21-33(22-20-32)46-49-47(38-16-8-10-18-43(38)55-49)52-50(51-46)53-40-17-9-7-15-37(40)45-41(53)27-26-39-44-36-25-23-34(31-13-5-2-6-14-31)29-35(36)24-28-42(44)54-48(39)45/h1-29H. The van der Waals surface area contributed by atoms with E-state index in [2.05, 4.69) is 180 Å². The molecule has 0 saturated carbocycles. The fourth-order valence-electron chi connectivity index (χ4n) is 8.47. The van der Waals surface area contributed by atoms with Gasteiger partial charge in [0, 0.05) is 31.8 Å². The number of aromatic nitrogens is 3. The lowest BCUT2D eigenvalue weighted by atomic mass is 9.98. The first kappa shape index (κ1) is 30.4. The van der Waals surface area contributed by atoms with Gasteiger partial charge in [-0.3, -0.25) is 4.57 Å². The molecule has 0 aliphatic carbocycles. The van der Waals surface area contributed by atoms with Gasteiger partial charge in [-0.05, 0) is 69.4 Å². The Morgan fingerprint density at radius 1 is 0.455 bits per heavy atom. The van der Waals surface area contributed by atoms with Crippen LogP contribution in [0.15, 0.2) is 180 Å². The highest BCUT2D eigenvalue weighted by Crippen LogP contribution is 2.44. The average Bonchev–Trinajstić information content (AvgIpc) is 3.93. The molecule has 0 N–H and O–H groups in total. The van der Waals surface area contributed by atoms with Crippen molar-refractivity contribution in [1.29, 1.82) is 0 Å². The molecule has 0 unspecified atom stereocenters. The smallest absolute Gasteiger partial charge is 0.235 e. The number of thiophene rings is 1.